The van der Waals surface area contributed by atoms with Crippen molar-refractivity contribution < 1.29 is 9.59 Å². The number of amides is 1. The van der Waals surface area contributed by atoms with Gasteiger partial charge in [0.25, 0.3) is 5.91 Å². The van der Waals surface area contributed by atoms with E-state index in [1.54, 1.807) is 42.6 Å². The molecule has 27 heavy (non-hydrogen) atoms. The van der Waals surface area contributed by atoms with Crippen molar-refractivity contribution in [3.63, 3.8) is 0 Å². The third-order valence-corrected chi connectivity index (χ3v) is 4.49. The summed E-state index contributed by atoms with van der Waals surface area (Å²) in [6, 6.07) is 15.7. The molecule has 0 aliphatic heterocycles. The lowest BCUT2D eigenvalue weighted by Crippen LogP contribution is -2.13. The summed E-state index contributed by atoms with van der Waals surface area (Å²) in [6.45, 7) is 3.39. The van der Waals surface area contributed by atoms with E-state index in [0.29, 0.717) is 27.7 Å². The van der Waals surface area contributed by atoms with Crippen LogP contribution in [0.3, 0.4) is 0 Å². The molecule has 1 heterocycles. The van der Waals surface area contributed by atoms with Crippen molar-refractivity contribution in [3.8, 4) is 0 Å². The van der Waals surface area contributed by atoms with Crippen LogP contribution in [0, 0.1) is 6.92 Å². The molecule has 136 valence electrons. The topological polar surface area (TPSA) is 71.1 Å². The maximum absolute atomic E-state index is 12.5. The number of hydrogen-bond acceptors (Lipinski definition) is 4. The molecule has 2 aromatic carbocycles. The molecule has 1 amide bonds. The van der Waals surface area contributed by atoms with Gasteiger partial charge in [-0.25, -0.2) is 4.98 Å². The quantitative estimate of drug-likeness (QED) is 0.594. The third-order valence-electron chi connectivity index (χ3n) is 4.08. The average Bonchev–Trinajstić information content (AvgIpc) is 2.66. The highest BCUT2D eigenvalue weighted by Crippen LogP contribution is 2.25. The fourth-order valence-corrected chi connectivity index (χ4v) is 2.71. The van der Waals surface area contributed by atoms with Crippen LogP contribution in [0.2, 0.25) is 5.02 Å². The van der Waals surface area contributed by atoms with E-state index >= 15 is 0 Å². The first-order valence-electron chi connectivity index (χ1n) is 8.34. The second-order valence-corrected chi connectivity index (χ2v) is 6.47. The Morgan fingerprint density at radius 2 is 1.78 bits per heavy atom. The largest absolute Gasteiger partial charge is 0.340 e. The highest BCUT2D eigenvalue weighted by molar-refractivity contribution is 6.31. The van der Waals surface area contributed by atoms with E-state index in [0.717, 1.165) is 11.3 Å². The van der Waals surface area contributed by atoms with E-state index < -0.39 is 0 Å². The summed E-state index contributed by atoms with van der Waals surface area (Å²) in [4.78, 5) is 28.3. The predicted octanol–water partition coefficient (Wildman–Crippen LogP) is 5.24. The SMILES string of the molecule is CC(=O)c1cccc(NC(=O)c2ccnc(Nc3cccc(Cl)c3C)c2)c1. The Labute approximate surface area is 162 Å². The molecule has 0 saturated heterocycles. The molecule has 0 atom stereocenters. The first kappa shape index (κ1) is 18.6. The fourth-order valence-electron chi connectivity index (χ4n) is 2.54. The van der Waals surface area contributed by atoms with Crippen LogP contribution in [0.25, 0.3) is 0 Å². The van der Waals surface area contributed by atoms with Crippen LogP contribution >= 0.6 is 11.6 Å². The van der Waals surface area contributed by atoms with Crippen LogP contribution in [0.15, 0.2) is 60.8 Å². The van der Waals surface area contributed by atoms with Gasteiger partial charge in [-0.1, -0.05) is 29.8 Å². The Kier molecular flexibility index (Phi) is 5.52. The molecule has 0 radical (unpaired) electrons. The van der Waals surface area contributed by atoms with E-state index in [1.165, 1.54) is 6.92 Å². The smallest absolute Gasteiger partial charge is 0.255 e. The highest BCUT2D eigenvalue weighted by atomic mass is 35.5. The molecular formula is C21H18ClN3O2. The molecular weight excluding hydrogens is 362 g/mol. The maximum atomic E-state index is 12.5. The Hall–Kier alpha value is -3.18. The van der Waals surface area contributed by atoms with E-state index in [-0.39, 0.29) is 11.7 Å². The minimum absolute atomic E-state index is 0.0570. The minimum Gasteiger partial charge on any atom is -0.340 e. The zero-order valence-electron chi connectivity index (χ0n) is 14.9. The van der Waals surface area contributed by atoms with Gasteiger partial charge in [-0.15, -0.1) is 0 Å². The van der Waals surface area contributed by atoms with Crippen LogP contribution in [0.1, 0.15) is 33.2 Å². The number of aromatic nitrogens is 1. The van der Waals surface area contributed by atoms with Crippen molar-refractivity contribution in [1.29, 1.82) is 0 Å². The van der Waals surface area contributed by atoms with E-state index in [9.17, 15) is 9.59 Å². The molecule has 0 aliphatic carbocycles. The Bertz CT molecular complexity index is 1020. The molecule has 0 spiro atoms. The number of pyridine rings is 1. The minimum atomic E-state index is -0.288. The Balaban J connectivity index is 1.78. The van der Waals surface area contributed by atoms with Gasteiger partial charge >= 0.3 is 0 Å². The summed E-state index contributed by atoms with van der Waals surface area (Å²) in [5, 5.41) is 6.63. The number of hydrogen-bond donors (Lipinski definition) is 2. The summed E-state index contributed by atoms with van der Waals surface area (Å²) in [5.74, 6) is 0.188. The van der Waals surface area contributed by atoms with Crippen LogP contribution in [-0.2, 0) is 0 Å². The van der Waals surface area contributed by atoms with Gasteiger partial charge in [0, 0.05) is 33.7 Å². The highest BCUT2D eigenvalue weighted by Gasteiger charge is 2.10. The number of rotatable bonds is 5. The van der Waals surface area contributed by atoms with Gasteiger partial charge < -0.3 is 10.6 Å². The molecule has 0 unspecified atom stereocenters. The predicted molar refractivity (Wildman–Crippen MR) is 108 cm³/mol. The van der Waals surface area contributed by atoms with Crippen molar-refractivity contribution in [2.45, 2.75) is 13.8 Å². The molecule has 0 bridgehead atoms. The summed E-state index contributed by atoms with van der Waals surface area (Å²) in [5.41, 5.74) is 3.27. The van der Waals surface area contributed by atoms with Crippen LogP contribution in [-0.4, -0.2) is 16.7 Å². The van der Waals surface area contributed by atoms with E-state index in [4.69, 9.17) is 11.6 Å². The molecule has 0 aliphatic rings. The second-order valence-electron chi connectivity index (χ2n) is 6.06. The summed E-state index contributed by atoms with van der Waals surface area (Å²) in [6.07, 6.45) is 1.56. The van der Waals surface area contributed by atoms with E-state index in [1.807, 2.05) is 25.1 Å². The lowest BCUT2D eigenvalue weighted by molar-refractivity contribution is 0.101. The number of benzene rings is 2. The normalized spacial score (nSPS) is 10.3. The molecule has 1 aromatic heterocycles. The molecule has 0 saturated carbocycles. The number of ketones is 1. The summed E-state index contributed by atoms with van der Waals surface area (Å²) >= 11 is 6.14. The summed E-state index contributed by atoms with van der Waals surface area (Å²) in [7, 11) is 0. The molecule has 3 rings (SSSR count). The monoisotopic (exact) mass is 379 g/mol. The standard InChI is InChI=1S/C21H18ClN3O2/c1-13-18(22)7-4-8-19(13)25-20-12-16(9-10-23-20)21(27)24-17-6-3-5-15(11-17)14(2)26/h3-12H,1-2H3,(H,23,25)(H,24,27). The second kappa shape index (κ2) is 8.01. The Morgan fingerprint density at radius 3 is 2.56 bits per heavy atom. The number of Topliss-reactive ketones (excluding diaryl/α,β-unsaturated/α-hetero) is 1. The fraction of sp³-hybridized carbons (Fsp3) is 0.0952. The van der Waals surface area contributed by atoms with Gasteiger partial charge in [-0.2, -0.15) is 0 Å². The van der Waals surface area contributed by atoms with E-state index in [2.05, 4.69) is 15.6 Å². The summed E-state index contributed by atoms with van der Waals surface area (Å²) < 4.78 is 0. The van der Waals surface area contributed by atoms with Crippen LogP contribution in [0.4, 0.5) is 17.2 Å². The van der Waals surface area contributed by atoms with Gasteiger partial charge in [-0.3, -0.25) is 9.59 Å². The number of anilines is 3. The van der Waals surface area contributed by atoms with Crippen LogP contribution < -0.4 is 10.6 Å². The number of nitrogens with zero attached hydrogens (tertiary/aromatic N) is 1. The van der Waals surface area contributed by atoms with Crippen molar-refractivity contribution in [2.75, 3.05) is 10.6 Å². The van der Waals surface area contributed by atoms with Crippen molar-refractivity contribution in [3.05, 3.63) is 82.5 Å². The van der Waals surface area contributed by atoms with Crippen LogP contribution in [0.5, 0.6) is 0 Å². The van der Waals surface area contributed by atoms with Crippen molar-refractivity contribution in [2.24, 2.45) is 0 Å². The van der Waals surface area contributed by atoms with Gasteiger partial charge in [0.1, 0.15) is 5.82 Å². The zero-order valence-corrected chi connectivity index (χ0v) is 15.7. The van der Waals surface area contributed by atoms with Crippen molar-refractivity contribution in [1.82, 2.24) is 4.98 Å². The third kappa shape index (κ3) is 4.51. The maximum Gasteiger partial charge on any atom is 0.255 e. The molecule has 6 heteroatoms. The van der Waals surface area contributed by atoms with Gasteiger partial charge in [0.15, 0.2) is 5.78 Å². The molecule has 5 nitrogen and oxygen atoms in total. The average molecular weight is 380 g/mol. The number of nitrogens with one attached hydrogen (secondary N) is 2. The zero-order chi connectivity index (χ0) is 19.4. The molecule has 0 fully saturated rings. The lowest BCUT2D eigenvalue weighted by atomic mass is 10.1. The molecule has 3 aromatic rings. The molecule has 2 N–H and O–H groups in total. The van der Waals surface area contributed by atoms with Gasteiger partial charge in [0.2, 0.25) is 0 Å². The number of carbonyl (C=O) groups excluding carboxylic acids is 2. The first-order chi connectivity index (χ1) is 12.9. The number of carbonyl (C=O) groups is 2. The van der Waals surface area contributed by atoms with Crippen molar-refractivity contribution >= 4 is 40.5 Å². The lowest BCUT2D eigenvalue weighted by Gasteiger charge is -2.11. The first-order valence-corrected chi connectivity index (χ1v) is 8.72. The van der Waals surface area contributed by atoms with Gasteiger partial charge in [0.05, 0.1) is 0 Å². The number of halogens is 1. The Morgan fingerprint density at radius 1 is 1.00 bits per heavy atom. The van der Waals surface area contributed by atoms with Gasteiger partial charge in [-0.05, 0) is 55.8 Å².